The minimum atomic E-state index is -0.563. The van der Waals surface area contributed by atoms with Crippen LogP contribution in [0.3, 0.4) is 0 Å². The van der Waals surface area contributed by atoms with E-state index in [1.807, 2.05) is 13.8 Å². The zero-order valence-electron chi connectivity index (χ0n) is 14.1. The fourth-order valence-electron chi connectivity index (χ4n) is 1.28. The van der Waals surface area contributed by atoms with E-state index in [9.17, 15) is 4.79 Å². The van der Waals surface area contributed by atoms with Crippen LogP contribution in [0.4, 0.5) is 4.79 Å². The van der Waals surface area contributed by atoms with Crippen molar-refractivity contribution in [1.29, 1.82) is 0 Å². The van der Waals surface area contributed by atoms with Crippen LogP contribution in [-0.4, -0.2) is 37.0 Å². The Kier molecular flexibility index (Phi) is 6.98. The molecule has 0 aliphatic heterocycles. The summed E-state index contributed by atoms with van der Waals surface area (Å²) in [6, 6.07) is 0. The number of nitrogens with one attached hydrogen (secondary N) is 1. The lowest BCUT2D eigenvalue weighted by molar-refractivity contribution is -0.104. The van der Waals surface area contributed by atoms with Gasteiger partial charge in [0.25, 0.3) is 0 Å². The van der Waals surface area contributed by atoms with Crippen LogP contribution in [0.1, 0.15) is 54.9 Å². The SMILES string of the molecule is CC(C)(CCOC(C)(C)C(C)(C)C)OC(=O)NCCN. The standard InChI is InChI=1S/C15H32N2O3/c1-13(2,3)15(6,7)19-11-8-14(4,5)20-12(18)17-10-9-16/h8-11,16H2,1-7H3,(H,17,18). The zero-order chi connectivity index (χ0) is 16.0. The lowest BCUT2D eigenvalue weighted by Gasteiger charge is -2.39. The summed E-state index contributed by atoms with van der Waals surface area (Å²) in [7, 11) is 0. The molecule has 3 N–H and O–H groups in total. The molecular weight excluding hydrogens is 256 g/mol. The van der Waals surface area contributed by atoms with E-state index in [4.69, 9.17) is 15.2 Å². The van der Waals surface area contributed by atoms with Gasteiger partial charge in [0.2, 0.25) is 0 Å². The lowest BCUT2D eigenvalue weighted by Crippen LogP contribution is -2.42. The number of hydrogen-bond acceptors (Lipinski definition) is 4. The highest BCUT2D eigenvalue weighted by Gasteiger charge is 2.34. The van der Waals surface area contributed by atoms with Gasteiger partial charge in [0.05, 0.1) is 12.2 Å². The summed E-state index contributed by atoms with van der Waals surface area (Å²) in [4.78, 5) is 11.5. The van der Waals surface area contributed by atoms with Gasteiger partial charge in [-0.3, -0.25) is 0 Å². The predicted octanol–water partition coefficient (Wildman–Crippen LogP) is 2.68. The molecule has 0 spiro atoms. The van der Waals surface area contributed by atoms with Crippen LogP contribution in [0.15, 0.2) is 0 Å². The number of alkyl carbamates (subject to hydrolysis) is 1. The Morgan fingerprint density at radius 2 is 1.65 bits per heavy atom. The maximum Gasteiger partial charge on any atom is 0.407 e. The summed E-state index contributed by atoms with van der Waals surface area (Å²) < 4.78 is 11.3. The van der Waals surface area contributed by atoms with Gasteiger partial charge >= 0.3 is 6.09 Å². The van der Waals surface area contributed by atoms with E-state index < -0.39 is 11.7 Å². The molecule has 0 atom stereocenters. The Balaban J connectivity index is 4.20. The van der Waals surface area contributed by atoms with Crippen molar-refractivity contribution in [2.45, 2.75) is 66.1 Å². The Hall–Kier alpha value is -0.810. The quantitative estimate of drug-likeness (QED) is 0.755. The molecule has 0 aliphatic rings. The second-order valence-electron chi connectivity index (χ2n) is 7.22. The van der Waals surface area contributed by atoms with Crippen molar-refractivity contribution < 1.29 is 14.3 Å². The second kappa shape index (κ2) is 7.27. The number of carbonyl (C=O) groups excluding carboxylic acids is 1. The molecule has 0 aliphatic carbocycles. The average molecular weight is 288 g/mol. The van der Waals surface area contributed by atoms with E-state index in [1.54, 1.807) is 0 Å². The van der Waals surface area contributed by atoms with Crippen molar-refractivity contribution in [3.8, 4) is 0 Å². The number of carbonyl (C=O) groups is 1. The van der Waals surface area contributed by atoms with Crippen LogP contribution in [0, 0.1) is 5.41 Å². The molecule has 0 fully saturated rings. The van der Waals surface area contributed by atoms with Gasteiger partial charge < -0.3 is 20.5 Å². The molecular formula is C15H32N2O3. The van der Waals surface area contributed by atoms with Crippen LogP contribution in [-0.2, 0) is 9.47 Å². The summed E-state index contributed by atoms with van der Waals surface area (Å²) in [5, 5.41) is 2.59. The molecule has 0 radical (unpaired) electrons. The highest BCUT2D eigenvalue weighted by molar-refractivity contribution is 5.67. The third kappa shape index (κ3) is 7.10. The molecule has 20 heavy (non-hydrogen) atoms. The number of ether oxygens (including phenoxy) is 2. The Morgan fingerprint density at radius 1 is 1.10 bits per heavy atom. The summed E-state index contributed by atoms with van der Waals surface area (Å²) in [5.41, 5.74) is 4.58. The molecule has 0 unspecified atom stereocenters. The molecule has 0 heterocycles. The van der Waals surface area contributed by atoms with Crippen LogP contribution in [0.5, 0.6) is 0 Å². The van der Waals surface area contributed by atoms with Gasteiger partial charge in [-0.2, -0.15) is 0 Å². The summed E-state index contributed by atoms with van der Waals surface area (Å²) >= 11 is 0. The first-order chi connectivity index (χ1) is 8.91. The largest absolute Gasteiger partial charge is 0.443 e. The molecule has 0 saturated heterocycles. The third-order valence-electron chi connectivity index (χ3n) is 3.76. The Morgan fingerprint density at radius 3 is 2.10 bits per heavy atom. The van der Waals surface area contributed by atoms with Crippen molar-refractivity contribution in [1.82, 2.24) is 5.32 Å². The maximum atomic E-state index is 11.5. The molecule has 0 bridgehead atoms. The predicted molar refractivity (Wildman–Crippen MR) is 81.7 cm³/mol. The number of hydrogen-bond donors (Lipinski definition) is 2. The van der Waals surface area contributed by atoms with Crippen molar-refractivity contribution in [2.75, 3.05) is 19.7 Å². The molecule has 0 saturated carbocycles. The first kappa shape index (κ1) is 19.2. The number of nitrogens with two attached hydrogens (primary N) is 1. The number of amides is 1. The van der Waals surface area contributed by atoms with E-state index in [0.29, 0.717) is 26.1 Å². The molecule has 120 valence electrons. The van der Waals surface area contributed by atoms with E-state index in [-0.39, 0.29) is 11.0 Å². The molecule has 0 aromatic heterocycles. The number of rotatable bonds is 7. The first-order valence-electron chi connectivity index (χ1n) is 7.22. The minimum Gasteiger partial charge on any atom is -0.443 e. The van der Waals surface area contributed by atoms with Gasteiger partial charge in [-0.05, 0) is 33.1 Å². The van der Waals surface area contributed by atoms with Crippen LogP contribution < -0.4 is 11.1 Å². The van der Waals surface area contributed by atoms with Gasteiger partial charge in [0.1, 0.15) is 5.60 Å². The van der Waals surface area contributed by atoms with Crippen molar-refractivity contribution in [3.63, 3.8) is 0 Å². The zero-order valence-corrected chi connectivity index (χ0v) is 14.1. The summed E-state index contributed by atoms with van der Waals surface area (Å²) in [5.74, 6) is 0. The fourth-order valence-corrected chi connectivity index (χ4v) is 1.28. The van der Waals surface area contributed by atoms with Gasteiger partial charge in [0.15, 0.2) is 0 Å². The maximum absolute atomic E-state index is 11.5. The van der Waals surface area contributed by atoms with Crippen molar-refractivity contribution in [3.05, 3.63) is 0 Å². The smallest absolute Gasteiger partial charge is 0.407 e. The van der Waals surface area contributed by atoms with E-state index in [2.05, 4.69) is 39.9 Å². The topological polar surface area (TPSA) is 73.6 Å². The van der Waals surface area contributed by atoms with Gasteiger partial charge in [-0.1, -0.05) is 20.8 Å². The third-order valence-corrected chi connectivity index (χ3v) is 3.76. The Labute approximate surface area is 123 Å². The van der Waals surface area contributed by atoms with Gasteiger partial charge in [0, 0.05) is 19.5 Å². The van der Waals surface area contributed by atoms with Crippen molar-refractivity contribution in [2.24, 2.45) is 11.1 Å². The highest BCUT2D eigenvalue weighted by atomic mass is 16.6. The summed E-state index contributed by atoms with van der Waals surface area (Å²) in [6.07, 6.45) is 0.207. The van der Waals surface area contributed by atoms with E-state index in [1.165, 1.54) is 0 Å². The molecule has 0 aromatic rings. The lowest BCUT2D eigenvalue weighted by atomic mass is 9.79. The average Bonchev–Trinajstić information content (AvgIpc) is 2.23. The molecule has 0 rings (SSSR count). The fraction of sp³-hybridized carbons (Fsp3) is 0.933. The Bertz CT molecular complexity index is 307. The summed E-state index contributed by atoms with van der Waals surface area (Å²) in [6.45, 7) is 15.7. The van der Waals surface area contributed by atoms with Crippen molar-refractivity contribution >= 4 is 6.09 Å². The first-order valence-corrected chi connectivity index (χ1v) is 7.22. The molecule has 5 nitrogen and oxygen atoms in total. The molecule has 1 amide bonds. The van der Waals surface area contributed by atoms with Crippen LogP contribution >= 0.6 is 0 Å². The van der Waals surface area contributed by atoms with Crippen LogP contribution in [0.2, 0.25) is 0 Å². The highest BCUT2D eigenvalue weighted by Crippen LogP contribution is 2.33. The normalized spacial score (nSPS) is 13.2. The second-order valence-corrected chi connectivity index (χ2v) is 7.22. The van der Waals surface area contributed by atoms with Gasteiger partial charge in [-0.25, -0.2) is 4.79 Å². The molecule has 5 heteroatoms. The minimum absolute atomic E-state index is 0.0521. The van der Waals surface area contributed by atoms with E-state index in [0.717, 1.165) is 0 Å². The van der Waals surface area contributed by atoms with Crippen LogP contribution in [0.25, 0.3) is 0 Å². The molecule has 0 aromatic carbocycles. The van der Waals surface area contributed by atoms with E-state index >= 15 is 0 Å². The monoisotopic (exact) mass is 288 g/mol. The van der Waals surface area contributed by atoms with Gasteiger partial charge in [-0.15, -0.1) is 0 Å².